The third kappa shape index (κ3) is 4.91. The van der Waals surface area contributed by atoms with Crippen LogP contribution in [0.3, 0.4) is 0 Å². The minimum Gasteiger partial charge on any atom is -0.493 e. The number of nitrogens with zero attached hydrogens (tertiary/aromatic N) is 1. The molecule has 0 fully saturated rings. The number of carbonyl (C=O) groups is 2. The number of hydrogen-bond donors (Lipinski definition) is 0. The average Bonchev–Trinajstić information content (AvgIpc) is 3.07. The number of unbranched alkanes of at least 4 members (excludes halogenated alkanes) is 4. The van der Waals surface area contributed by atoms with E-state index in [0.717, 1.165) is 43.4 Å². The summed E-state index contributed by atoms with van der Waals surface area (Å²) in [7, 11) is 0. The van der Waals surface area contributed by atoms with Crippen LogP contribution >= 0.6 is 0 Å². The quantitative estimate of drug-likeness (QED) is 0.282. The van der Waals surface area contributed by atoms with Gasteiger partial charge in [-0.2, -0.15) is 0 Å². The van der Waals surface area contributed by atoms with Gasteiger partial charge in [-0.15, -0.1) is 0 Å². The molecule has 0 N–H and O–H groups in total. The van der Waals surface area contributed by atoms with Crippen molar-refractivity contribution in [2.75, 3.05) is 13.2 Å². The van der Waals surface area contributed by atoms with Gasteiger partial charge in [-0.25, -0.2) is 0 Å². The highest BCUT2D eigenvalue weighted by Gasteiger charge is 2.34. The van der Waals surface area contributed by atoms with Crippen LogP contribution in [0.25, 0.3) is 11.1 Å². The molecular formula is C28H29NO3. The number of fused-ring (bicyclic) bond motifs is 1. The van der Waals surface area contributed by atoms with Crippen molar-refractivity contribution in [3.05, 3.63) is 89.5 Å². The van der Waals surface area contributed by atoms with E-state index in [0.29, 0.717) is 24.3 Å². The van der Waals surface area contributed by atoms with Gasteiger partial charge in [0.2, 0.25) is 0 Å². The average molecular weight is 428 g/mol. The summed E-state index contributed by atoms with van der Waals surface area (Å²) in [4.78, 5) is 26.1. The van der Waals surface area contributed by atoms with Crippen LogP contribution < -0.4 is 4.74 Å². The van der Waals surface area contributed by atoms with Crippen molar-refractivity contribution in [2.24, 2.45) is 0 Å². The molecule has 32 heavy (non-hydrogen) atoms. The van der Waals surface area contributed by atoms with Gasteiger partial charge >= 0.3 is 0 Å². The maximum atomic E-state index is 12.4. The summed E-state index contributed by atoms with van der Waals surface area (Å²) in [6, 6.07) is 23.7. The van der Waals surface area contributed by atoms with Crippen molar-refractivity contribution < 1.29 is 14.3 Å². The smallest absolute Gasteiger partial charge is 0.261 e. The molecule has 0 radical (unpaired) electrons. The molecule has 0 spiro atoms. The number of carbonyl (C=O) groups excluding carboxylic acids is 2. The van der Waals surface area contributed by atoms with Crippen molar-refractivity contribution in [1.29, 1.82) is 0 Å². The summed E-state index contributed by atoms with van der Waals surface area (Å²) >= 11 is 0. The molecule has 0 aromatic heterocycles. The van der Waals surface area contributed by atoms with Gasteiger partial charge in [-0.3, -0.25) is 14.5 Å². The summed E-state index contributed by atoms with van der Waals surface area (Å²) in [5, 5.41) is 0. The molecule has 1 heterocycles. The number of hydrogen-bond acceptors (Lipinski definition) is 3. The standard InChI is InChI=1S/C28H29NO3/c1-21-20-23(22-12-6-5-7-13-22)16-17-26(21)32-19-11-4-2-3-10-18-29-27(30)24-14-8-9-15-25(24)28(29)31/h5-9,12-17,20H,2-4,10-11,18-19H2,1H3. The van der Waals surface area contributed by atoms with Gasteiger partial charge < -0.3 is 4.74 Å². The fourth-order valence-corrected chi connectivity index (χ4v) is 4.15. The van der Waals surface area contributed by atoms with Gasteiger partial charge in [0.1, 0.15) is 5.75 Å². The van der Waals surface area contributed by atoms with Crippen LogP contribution in [0.4, 0.5) is 0 Å². The Balaban J connectivity index is 1.13. The van der Waals surface area contributed by atoms with Crippen molar-refractivity contribution in [1.82, 2.24) is 4.90 Å². The second-order valence-corrected chi connectivity index (χ2v) is 8.27. The van der Waals surface area contributed by atoms with Gasteiger partial charge in [0, 0.05) is 6.54 Å². The van der Waals surface area contributed by atoms with Gasteiger partial charge in [0.25, 0.3) is 11.8 Å². The van der Waals surface area contributed by atoms with Crippen molar-refractivity contribution in [2.45, 2.75) is 39.0 Å². The van der Waals surface area contributed by atoms with Gasteiger partial charge in [0.15, 0.2) is 0 Å². The normalized spacial score (nSPS) is 12.8. The van der Waals surface area contributed by atoms with E-state index in [9.17, 15) is 9.59 Å². The van der Waals surface area contributed by atoms with E-state index in [1.807, 2.05) is 6.07 Å². The molecule has 4 heteroatoms. The molecule has 0 aliphatic carbocycles. The molecule has 164 valence electrons. The summed E-state index contributed by atoms with van der Waals surface area (Å²) in [5.74, 6) is 0.621. The van der Waals surface area contributed by atoms with E-state index >= 15 is 0 Å². The Labute approximate surface area is 189 Å². The Bertz CT molecular complexity index is 1060. The molecular weight excluding hydrogens is 398 g/mol. The highest BCUT2D eigenvalue weighted by molar-refractivity contribution is 6.21. The molecule has 2 amide bonds. The number of rotatable bonds is 10. The molecule has 0 atom stereocenters. The molecule has 4 rings (SSSR count). The number of aryl methyl sites for hydroxylation is 1. The van der Waals surface area contributed by atoms with Crippen LogP contribution in [0.5, 0.6) is 5.75 Å². The van der Waals surface area contributed by atoms with Crippen LogP contribution in [-0.2, 0) is 0 Å². The van der Waals surface area contributed by atoms with Gasteiger partial charge in [0.05, 0.1) is 17.7 Å². The fraction of sp³-hybridized carbons (Fsp3) is 0.286. The molecule has 3 aromatic rings. The first kappa shape index (κ1) is 21.8. The first-order valence-corrected chi connectivity index (χ1v) is 11.4. The third-order valence-corrected chi connectivity index (χ3v) is 5.94. The van der Waals surface area contributed by atoms with E-state index in [2.05, 4.69) is 49.4 Å². The van der Waals surface area contributed by atoms with Crippen LogP contribution in [0.15, 0.2) is 72.8 Å². The molecule has 1 aliphatic rings. The van der Waals surface area contributed by atoms with E-state index in [-0.39, 0.29) is 11.8 Å². The van der Waals surface area contributed by atoms with Gasteiger partial charge in [-0.1, -0.05) is 67.8 Å². The summed E-state index contributed by atoms with van der Waals surface area (Å²) in [5.41, 5.74) is 4.62. The minimum absolute atomic E-state index is 0.160. The number of imide groups is 1. The number of benzene rings is 3. The lowest BCUT2D eigenvalue weighted by Crippen LogP contribution is -2.30. The zero-order valence-corrected chi connectivity index (χ0v) is 18.5. The van der Waals surface area contributed by atoms with Crippen LogP contribution in [0, 0.1) is 6.92 Å². The topological polar surface area (TPSA) is 46.6 Å². The lowest BCUT2D eigenvalue weighted by molar-refractivity contribution is 0.0651. The minimum atomic E-state index is -0.160. The zero-order chi connectivity index (χ0) is 22.3. The first-order chi connectivity index (χ1) is 15.6. The van der Waals surface area contributed by atoms with Crippen LogP contribution in [0.2, 0.25) is 0 Å². The molecule has 3 aromatic carbocycles. The maximum Gasteiger partial charge on any atom is 0.261 e. The van der Waals surface area contributed by atoms with Crippen LogP contribution in [0.1, 0.15) is 58.4 Å². The van der Waals surface area contributed by atoms with Crippen molar-refractivity contribution in [3.63, 3.8) is 0 Å². The Kier molecular flexibility index (Phi) is 7.00. The maximum absolute atomic E-state index is 12.4. The highest BCUT2D eigenvalue weighted by atomic mass is 16.5. The number of ether oxygens (including phenoxy) is 1. The summed E-state index contributed by atoms with van der Waals surface area (Å²) in [6.45, 7) is 3.28. The van der Waals surface area contributed by atoms with Crippen molar-refractivity contribution in [3.8, 4) is 16.9 Å². The van der Waals surface area contributed by atoms with Crippen LogP contribution in [-0.4, -0.2) is 29.9 Å². The molecule has 0 unspecified atom stereocenters. The Morgan fingerprint density at radius 1 is 0.688 bits per heavy atom. The second-order valence-electron chi connectivity index (χ2n) is 8.27. The SMILES string of the molecule is Cc1cc(-c2ccccc2)ccc1OCCCCCCCN1C(=O)c2ccccc2C1=O. The summed E-state index contributed by atoms with van der Waals surface area (Å²) in [6.07, 6.45) is 4.97. The number of amides is 2. The molecule has 0 saturated heterocycles. The summed E-state index contributed by atoms with van der Waals surface area (Å²) < 4.78 is 5.98. The molecule has 0 saturated carbocycles. The van der Waals surface area contributed by atoms with Crippen molar-refractivity contribution >= 4 is 11.8 Å². The lowest BCUT2D eigenvalue weighted by Gasteiger charge is -2.13. The zero-order valence-electron chi connectivity index (χ0n) is 18.5. The monoisotopic (exact) mass is 427 g/mol. The molecule has 4 nitrogen and oxygen atoms in total. The Morgan fingerprint density at radius 3 is 2.00 bits per heavy atom. The predicted octanol–water partition coefficient (Wildman–Crippen LogP) is 6.29. The lowest BCUT2D eigenvalue weighted by atomic mass is 10.0. The van der Waals surface area contributed by atoms with E-state index in [4.69, 9.17) is 4.74 Å². The second kappa shape index (κ2) is 10.3. The Morgan fingerprint density at radius 2 is 1.31 bits per heavy atom. The first-order valence-electron chi connectivity index (χ1n) is 11.4. The largest absolute Gasteiger partial charge is 0.493 e. The molecule has 0 bridgehead atoms. The third-order valence-electron chi connectivity index (χ3n) is 5.94. The highest BCUT2D eigenvalue weighted by Crippen LogP contribution is 2.26. The predicted molar refractivity (Wildman–Crippen MR) is 127 cm³/mol. The van der Waals surface area contributed by atoms with E-state index < -0.39 is 0 Å². The Hall–Kier alpha value is -3.40. The van der Waals surface area contributed by atoms with E-state index in [1.165, 1.54) is 16.0 Å². The van der Waals surface area contributed by atoms with E-state index in [1.54, 1.807) is 24.3 Å². The van der Waals surface area contributed by atoms with Gasteiger partial charge in [-0.05, 0) is 60.7 Å². The fourth-order valence-electron chi connectivity index (χ4n) is 4.15. The molecule has 1 aliphatic heterocycles.